The smallest absolute Gasteiger partial charge is 0.115 e. The fourth-order valence-electron chi connectivity index (χ4n) is 5.25. The molecule has 1 fully saturated rings. The van der Waals surface area contributed by atoms with Crippen LogP contribution < -0.4 is 0 Å². The molecule has 6 atom stereocenters. The molecule has 1 N–H and O–H groups in total. The van der Waals surface area contributed by atoms with Gasteiger partial charge >= 0.3 is 0 Å². The Balaban J connectivity index is 0.00000387. The molecule has 41 heavy (non-hydrogen) atoms. The van der Waals surface area contributed by atoms with Gasteiger partial charge in [0.25, 0.3) is 0 Å². The van der Waals surface area contributed by atoms with Gasteiger partial charge in [0.2, 0.25) is 0 Å². The topological polar surface area (TPSA) is 57.2 Å². The Bertz CT molecular complexity index is 1160. The van der Waals surface area contributed by atoms with Crippen LogP contribution in [-0.4, -0.2) is 35.6 Å². The fourth-order valence-corrected chi connectivity index (χ4v) is 5.25. The van der Waals surface area contributed by atoms with Crippen LogP contribution >= 0.6 is 0 Å². The van der Waals surface area contributed by atoms with Gasteiger partial charge in [-0.2, -0.15) is 0 Å². The van der Waals surface area contributed by atoms with Crippen LogP contribution in [0.5, 0.6) is 0 Å². The van der Waals surface area contributed by atoms with Crippen molar-refractivity contribution in [3.63, 3.8) is 0 Å². The first kappa shape index (κ1) is 31.3. The number of hydrogen-bond donors (Lipinski definition) is 1. The van der Waals surface area contributed by atoms with Gasteiger partial charge in [0, 0.05) is 27.0 Å². The summed E-state index contributed by atoms with van der Waals surface area (Å²) in [5.41, 5.74) is 4.20. The van der Waals surface area contributed by atoms with Crippen molar-refractivity contribution >= 4 is 0 Å². The Morgan fingerprint density at radius 3 is 1.05 bits per heavy atom. The maximum atomic E-state index is 11.6. The second-order valence-electron chi connectivity index (χ2n) is 10.4. The summed E-state index contributed by atoms with van der Waals surface area (Å²) in [5, 5.41) is 11.6. The molecule has 0 aliphatic heterocycles. The molecule has 0 spiro atoms. The van der Waals surface area contributed by atoms with Crippen LogP contribution in [0.3, 0.4) is 0 Å². The van der Waals surface area contributed by atoms with Gasteiger partial charge in [-0.05, 0) is 22.3 Å². The van der Waals surface area contributed by atoms with Crippen molar-refractivity contribution in [3.05, 3.63) is 144 Å². The molecule has 0 saturated heterocycles. The summed E-state index contributed by atoms with van der Waals surface area (Å²) in [6.07, 6.45) is -2.83. The molecule has 0 radical (unpaired) electrons. The van der Waals surface area contributed by atoms with Gasteiger partial charge in [-0.1, -0.05) is 128 Å². The molecule has 4 aromatic rings. The van der Waals surface area contributed by atoms with E-state index in [0.717, 1.165) is 22.3 Å². The van der Waals surface area contributed by atoms with Crippen LogP contribution in [0, 0.1) is 5.92 Å². The molecule has 0 aromatic heterocycles. The van der Waals surface area contributed by atoms with Crippen LogP contribution in [0.4, 0.5) is 0 Å². The first-order valence-electron chi connectivity index (χ1n) is 14.0. The van der Waals surface area contributed by atoms with Crippen LogP contribution in [0.25, 0.3) is 0 Å². The molecule has 214 valence electrons. The van der Waals surface area contributed by atoms with Crippen molar-refractivity contribution in [2.45, 2.75) is 63.9 Å². The fraction of sp³-hybridized carbons (Fsp3) is 0.314. The average molecular weight is 723 g/mol. The predicted molar refractivity (Wildman–Crippen MR) is 155 cm³/mol. The van der Waals surface area contributed by atoms with E-state index in [9.17, 15) is 5.11 Å². The Morgan fingerprint density at radius 1 is 0.439 bits per heavy atom. The Kier molecular flexibility index (Phi) is 12.3. The minimum absolute atomic E-state index is 0. The van der Waals surface area contributed by atoms with Crippen LogP contribution in [0.15, 0.2) is 121 Å². The van der Waals surface area contributed by atoms with Gasteiger partial charge in [-0.25, -0.2) is 0 Å². The van der Waals surface area contributed by atoms with Crippen LogP contribution in [0.2, 0.25) is 0 Å². The second-order valence-corrected chi connectivity index (χ2v) is 10.4. The van der Waals surface area contributed by atoms with Crippen molar-refractivity contribution in [3.8, 4) is 0 Å². The largest absolute Gasteiger partial charge is 0.390 e. The van der Waals surface area contributed by atoms with Crippen LogP contribution in [-0.2, 0) is 66.4 Å². The molecule has 4 aromatic carbocycles. The summed E-state index contributed by atoms with van der Waals surface area (Å²) < 4.78 is 26.2. The predicted octanol–water partition coefficient (Wildman–Crippen LogP) is 6.34. The zero-order valence-electron chi connectivity index (χ0n) is 23.3. The maximum Gasteiger partial charge on any atom is 0.115 e. The van der Waals surface area contributed by atoms with Gasteiger partial charge < -0.3 is 24.1 Å². The number of aliphatic hydroxyl groups is 1. The van der Waals surface area contributed by atoms with Crippen molar-refractivity contribution < 1.29 is 45.1 Å². The number of hydrogen-bond acceptors (Lipinski definition) is 5. The number of aliphatic hydroxyl groups excluding tert-OH is 1. The number of benzene rings is 4. The Labute approximate surface area is 257 Å². The monoisotopic (exact) mass is 722 g/mol. The van der Waals surface area contributed by atoms with E-state index in [2.05, 4.69) is 0 Å². The minimum Gasteiger partial charge on any atom is -0.390 e. The number of ether oxygens (including phenoxy) is 4. The molecule has 0 amide bonds. The Morgan fingerprint density at radius 2 is 0.707 bits per heavy atom. The van der Waals surface area contributed by atoms with Crippen molar-refractivity contribution in [2.75, 3.05) is 0 Å². The minimum atomic E-state index is -0.804. The molecule has 0 bridgehead atoms. The molecular weight excluding hydrogens is 684 g/mol. The van der Waals surface area contributed by atoms with Gasteiger partial charge in [0.1, 0.15) is 18.3 Å². The van der Waals surface area contributed by atoms with E-state index in [-0.39, 0.29) is 27.0 Å². The standard InChI is InChI=1S/C35H38O5.W/c1-26-31(36)33(38-23-28-16-8-3-9-17-28)35(40-25-30-20-12-5-13-21-30)34(39-24-29-18-10-4-11-19-29)32(26)37-22-27-14-6-2-7-15-27;/h2-21,26,31-36H,22-25H2,1H3;/t26-,31?,32?,33?,34-,35-;/m0./s1. The van der Waals surface area contributed by atoms with Gasteiger partial charge in [0.15, 0.2) is 0 Å². The third kappa shape index (κ3) is 8.68. The summed E-state index contributed by atoms with van der Waals surface area (Å²) in [6.45, 7) is 3.55. The molecule has 1 saturated carbocycles. The third-order valence-corrected chi connectivity index (χ3v) is 7.51. The molecule has 1 aliphatic rings. The number of rotatable bonds is 12. The molecule has 1 aliphatic carbocycles. The second kappa shape index (κ2) is 16.1. The molecular formula is C35H38O5W. The molecule has 3 unspecified atom stereocenters. The zero-order valence-corrected chi connectivity index (χ0v) is 26.3. The summed E-state index contributed by atoms with van der Waals surface area (Å²) in [5.74, 6) is -0.248. The summed E-state index contributed by atoms with van der Waals surface area (Å²) in [6, 6.07) is 40.2. The summed E-state index contributed by atoms with van der Waals surface area (Å²) >= 11 is 0. The maximum absolute atomic E-state index is 11.6. The molecule has 5 rings (SSSR count). The van der Waals surface area contributed by atoms with Crippen LogP contribution in [0.1, 0.15) is 29.2 Å². The van der Waals surface area contributed by atoms with Crippen molar-refractivity contribution in [1.29, 1.82) is 0 Å². The van der Waals surface area contributed by atoms with E-state index in [0.29, 0.717) is 26.4 Å². The average Bonchev–Trinajstić information content (AvgIpc) is 3.01. The first-order chi connectivity index (χ1) is 19.7. The summed E-state index contributed by atoms with van der Waals surface area (Å²) in [4.78, 5) is 0. The Hall–Kier alpha value is -2.63. The zero-order chi connectivity index (χ0) is 27.6. The van der Waals surface area contributed by atoms with Gasteiger partial charge in [-0.15, -0.1) is 0 Å². The SMILES string of the molecule is C[C@H]1C(O)C(OCc2ccccc2)[C@H](OCc2ccccc2)[C@@H](OCc2ccccc2)C1OCc1ccccc1.[W]. The van der Waals surface area contributed by atoms with E-state index in [1.807, 2.05) is 128 Å². The van der Waals surface area contributed by atoms with Crippen molar-refractivity contribution in [1.82, 2.24) is 0 Å². The van der Waals surface area contributed by atoms with Crippen molar-refractivity contribution in [2.24, 2.45) is 5.92 Å². The molecule has 6 heteroatoms. The third-order valence-electron chi connectivity index (χ3n) is 7.51. The quantitative estimate of drug-likeness (QED) is 0.185. The van der Waals surface area contributed by atoms with E-state index in [1.165, 1.54) is 0 Å². The van der Waals surface area contributed by atoms with E-state index >= 15 is 0 Å². The molecule has 5 nitrogen and oxygen atoms in total. The van der Waals surface area contributed by atoms with E-state index in [4.69, 9.17) is 18.9 Å². The molecule has 0 heterocycles. The van der Waals surface area contributed by atoms with Gasteiger partial charge in [0.05, 0.1) is 38.6 Å². The first-order valence-corrected chi connectivity index (χ1v) is 14.0. The normalized spacial score (nSPS) is 24.0. The van der Waals surface area contributed by atoms with Gasteiger partial charge in [-0.3, -0.25) is 0 Å². The van der Waals surface area contributed by atoms with E-state index < -0.39 is 30.5 Å². The summed E-state index contributed by atoms with van der Waals surface area (Å²) in [7, 11) is 0. The van der Waals surface area contributed by atoms with E-state index in [1.54, 1.807) is 0 Å².